The number of amides is 3. The molecule has 2 aromatic rings. The zero-order valence-electron chi connectivity index (χ0n) is 17.5. The number of nitrogens with zero attached hydrogens (tertiary/aromatic N) is 1. The minimum atomic E-state index is -0.579. The molecule has 0 aliphatic carbocycles. The molecule has 0 aliphatic heterocycles. The fourth-order valence-electron chi connectivity index (χ4n) is 2.96. The van der Waals surface area contributed by atoms with Crippen molar-refractivity contribution in [2.24, 2.45) is 5.92 Å². The summed E-state index contributed by atoms with van der Waals surface area (Å²) < 4.78 is 0. The molecular formula is C23H32N4O2. The van der Waals surface area contributed by atoms with Crippen LogP contribution in [0.25, 0.3) is 0 Å². The molecule has 3 N–H and O–H groups in total. The van der Waals surface area contributed by atoms with Crippen LogP contribution in [0.1, 0.15) is 25.0 Å². The lowest BCUT2D eigenvalue weighted by atomic mass is 10.0. The number of likely N-dealkylation sites (N-methyl/N-ethyl adjacent to an activating group) is 1. The van der Waals surface area contributed by atoms with Crippen LogP contribution in [0.15, 0.2) is 60.7 Å². The van der Waals surface area contributed by atoms with Gasteiger partial charge in [0.1, 0.15) is 6.04 Å². The van der Waals surface area contributed by atoms with Crippen LogP contribution in [-0.2, 0) is 17.9 Å². The number of carbonyl (C=O) groups excluding carboxylic acids is 2. The Labute approximate surface area is 173 Å². The first kappa shape index (κ1) is 22.4. The van der Waals surface area contributed by atoms with E-state index in [0.29, 0.717) is 13.1 Å². The van der Waals surface area contributed by atoms with E-state index in [-0.39, 0.29) is 17.9 Å². The van der Waals surface area contributed by atoms with E-state index in [4.69, 9.17) is 0 Å². The third kappa shape index (κ3) is 8.35. The maximum absolute atomic E-state index is 12.6. The van der Waals surface area contributed by atoms with Crippen LogP contribution < -0.4 is 16.0 Å². The number of rotatable bonds is 10. The Hall–Kier alpha value is -2.86. The zero-order valence-corrected chi connectivity index (χ0v) is 17.5. The fraction of sp³-hybridized carbons (Fsp3) is 0.391. The van der Waals surface area contributed by atoms with Crippen LogP contribution in [-0.4, -0.2) is 43.0 Å². The lowest BCUT2D eigenvalue weighted by molar-refractivity contribution is -0.123. The molecule has 1 unspecified atom stereocenters. The highest BCUT2D eigenvalue weighted by atomic mass is 16.2. The van der Waals surface area contributed by atoms with Crippen molar-refractivity contribution in [1.29, 1.82) is 0 Å². The Bertz CT molecular complexity index is 750. The molecule has 6 heteroatoms. The predicted molar refractivity (Wildman–Crippen MR) is 116 cm³/mol. The zero-order chi connectivity index (χ0) is 21.1. The molecule has 0 aromatic heterocycles. The molecule has 6 nitrogen and oxygen atoms in total. The maximum Gasteiger partial charge on any atom is 0.315 e. The summed E-state index contributed by atoms with van der Waals surface area (Å²) in [6, 6.07) is 19.0. The molecule has 0 radical (unpaired) electrons. The van der Waals surface area contributed by atoms with Gasteiger partial charge < -0.3 is 20.9 Å². The molecule has 1 atom stereocenters. The van der Waals surface area contributed by atoms with Crippen molar-refractivity contribution in [2.75, 3.05) is 20.1 Å². The third-order valence-electron chi connectivity index (χ3n) is 4.62. The Kier molecular flexibility index (Phi) is 9.18. The smallest absolute Gasteiger partial charge is 0.315 e. The van der Waals surface area contributed by atoms with Crippen molar-refractivity contribution in [3.8, 4) is 0 Å². The molecule has 0 heterocycles. The largest absolute Gasteiger partial charge is 0.353 e. The van der Waals surface area contributed by atoms with E-state index in [1.165, 1.54) is 5.56 Å². The highest BCUT2D eigenvalue weighted by molar-refractivity contribution is 5.87. The molecule has 2 rings (SSSR count). The average Bonchev–Trinajstić information content (AvgIpc) is 2.71. The summed E-state index contributed by atoms with van der Waals surface area (Å²) in [5, 5.41) is 8.53. The number of hydrogen-bond acceptors (Lipinski definition) is 3. The van der Waals surface area contributed by atoms with E-state index in [0.717, 1.165) is 18.7 Å². The Morgan fingerprint density at radius 1 is 0.897 bits per heavy atom. The number of benzene rings is 2. The molecule has 3 amide bonds. The van der Waals surface area contributed by atoms with E-state index in [9.17, 15) is 9.59 Å². The lowest BCUT2D eigenvalue weighted by Crippen LogP contribution is -2.53. The summed E-state index contributed by atoms with van der Waals surface area (Å²) in [4.78, 5) is 26.9. The molecule has 2 aromatic carbocycles. The minimum Gasteiger partial charge on any atom is -0.353 e. The van der Waals surface area contributed by atoms with Gasteiger partial charge in [0.05, 0.1) is 0 Å². The molecule has 0 saturated heterocycles. The molecular weight excluding hydrogens is 364 g/mol. The minimum absolute atomic E-state index is 0.0143. The van der Waals surface area contributed by atoms with Crippen LogP contribution >= 0.6 is 0 Å². The second-order valence-corrected chi connectivity index (χ2v) is 7.55. The summed E-state index contributed by atoms with van der Waals surface area (Å²) in [5.74, 6) is -0.178. The predicted octanol–water partition coefficient (Wildman–Crippen LogP) is 2.76. The first-order chi connectivity index (χ1) is 14.0. The molecule has 0 spiro atoms. The van der Waals surface area contributed by atoms with Crippen molar-refractivity contribution in [3.63, 3.8) is 0 Å². The molecule has 0 fully saturated rings. The number of urea groups is 1. The van der Waals surface area contributed by atoms with E-state index in [1.807, 2.05) is 69.4 Å². The first-order valence-corrected chi connectivity index (χ1v) is 10.0. The lowest BCUT2D eigenvalue weighted by Gasteiger charge is -2.23. The number of carbonyl (C=O) groups is 2. The highest BCUT2D eigenvalue weighted by Crippen LogP contribution is 2.04. The Balaban J connectivity index is 1.74. The first-order valence-electron chi connectivity index (χ1n) is 10.0. The second-order valence-electron chi connectivity index (χ2n) is 7.55. The van der Waals surface area contributed by atoms with Crippen LogP contribution in [0, 0.1) is 5.92 Å². The van der Waals surface area contributed by atoms with Gasteiger partial charge in [0, 0.05) is 26.2 Å². The molecule has 0 bridgehead atoms. The highest BCUT2D eigenvalue weighted by Gasteiger charge is 2.23. The van der Waals surface area contributed by atoms with Gasteiger partial charge in [-0.15, -0.1) is 0 Å². The van der Waals surface area contributed by atoms with Gasteiger partial charge in [0.2, 0.25) is 5.91 Å². The van der Waals surface area contributed by atoms with Crippen LogP contribution in [0.3, 0.4) is 0 Å². The van der Waals surface area contributed by atoms with Gasteiger partial charge in [0.15, 0.2) is 0 Å². The van der Waals surface area contributed by atoms with Crippen molar-refractivity contribution < 1.29 is 9.59 Å². The summed E-state index contributed by atoms with van der Waals surface area (Å²) >= 11 is 0. The quantitative estimate of drug-likeness (QED) is 0.578. The summed E-state index contributed by atoms with van der Waals surface area (Å²) in [6.45, 7) is 6.34. The van der Waals surface area contributed by atoms with Gasteiger partial charge in [-0.25, -0.2) is 4.79 Å². The van der Waals surface area contributed by atoms with E-state index < -0.39 is 6.04 Å². The monoisotopic (exact) mass is 396 g/mol. The number of hydrogen-bond donors (Lipinski definition) is 3. The van der Waals surface area contributed by atoms with Gasteiger partial charge in [-0.05, 0) is 24.1 Å². The van der Waals surface area contributed by atoms with E-state index in [1.54, 1.807) is 0 Å². The van der Waals surface area contributed by atoms with Crippen LogP contribution in [0.4, 0.5) is 4.79 Å². The van der Waals surface area contributed by atoms with Gasteiger partial charge in [-0.1, -0.05) is 74.5 Å². The Morgan fingerprint density at radius 2 is 1.48 bits per heavy atom. The molecule has 29 heavy (non-hydrogen) atoms. The third-order valence-corrected chi connectivity index (χ3v) is 4.62. The van der Waals surface area contributed by atoms with Crippen molar-refractivity contribution >= 4 is 11.9 Å². The summed E-state index contributed by atoms with van der Waals surface area (Å²) in [5.41, 5.74) is 2.24. The summed E-state index contributed by atoms with van der Waals surface area (Å²) in [6.07, 6.45) is 0. The molecule has 0 aliphatic rings. The van der Waals surface area contributed by atoms with Gasteiger partial charge in [0.25, 0.3) is 0 Å². The van der Waals surface area contributed by atoms with Gasteiger partial charge in [-0.3, -0.25) is 4.79 Å². The number of nitrogens with one attached hydrogen (secondary N) is 3. The van der Waals surface area contributed by atoms with E-state index in [2.05, 4.69) is 33.0 Å². The fourth-order valence-corrected chi connectivity index (χ4v) is 2.96. The average molecular weight is 397 g/mol. The SMILES string of the molecule is CC(C)C(NC(=O)NCc1ccccc1)C(=O)NCCN(C)Cc1ccccc1. The van der Waals surface area contributed by atoms with Crippen LogP contribution in [0.2, 0.25) is 0 Å². The normalized spacial score (nSPS) is 11.9. The van der Waals surface area contributed by atoms with E-state index >= 15 is 0 Å². The summed E-state index contributed by atoms with van der Waals surface area (Å²) in [7, 11) is 2.02. The van der Waals surface area contributed by atoms with Gasteiger partial charge >= 0.3 is 6.03 Å². The molecule has 0 saturated carbocycles. The topological polar surface area (TPSA) is 73.5 Å². The van der Waals surface area contributed by atoms with Crippen LogP contribution in [0.5, 0.6) is 0 Å². The maximum atomic E-state index is 12.6. The van der Waals surface area contributed by atoms with Gasteiger partial charge in [-0.2, -0.15) is 0 Å². The van der Waals surface area contributed by atoms with Crippen molar-refractivity contribution in [3.05, 3.63) is 71.8 Å². The van der Waals surface area contributed by atoms with Crippen molar-refractivity contribution in [1.82, 2.24) is 20.9 Å². The van der Waals surface area contributed by atoms with Crippen molar-refractivity contribution in [2.45, 2.75) is 33.0 Å². The standard InChI is InChI=1S/C23H32N4O2/c1-18(2)21(26-23(29)25-16-19-10-6-4-7-11-19)22(28)24-14-15-27(3)17-20-12-8-5-9-13-20/h4-13,18,21H,14-17H2,1-3H3,(H,24,28)(H2,25,26,29). The Morgan fingerprint density at radius 3 is 2.07 bits per heavy atom. The molecule has 156 valence electrons. The second kappa shape index (κ2) is 11.9.